The van der Waals surface area contributed by atoms with Crippen LogP contribution < -0.4 is 11.2 Å². The number of anilines is 1. The zero-order chi connectivity index (χ0) is 10.4. The number of nitrogen functional groups attached to an aromatic ring is 1. The predicted octanol–water partition coefficient (Wildman–Crippen LogP) is 0.114. The second-order valence-electron chi connectivity index (χ2n) is 2.15. The van der Waals surface area contributed by atoms with Gasteiger partial charge in [-0.1, -0.05) is 19.9 Å². The van der Waals surface area contributed by atoms with E-state index in [-0.39, 0.29) is 11.2 Å². The number of nitrogens with two attached hydrogens (primary N) is 1. The molecule has 72 valence electrons. The summed E-state index contributed by atoms with van der Waals surface area (Å²) in [5.74, 6) is -0.561. The molecule has 1 aromatic rings. The van der Waals surface area contributed by atoms with Crippen molar-refractivity contribution in [3.05, 3.63) is 24.0 Å². The molecule has 5 heteroatoms. The molecule has 0 aliphatic rings. The van der Waals surface area contributed by atoms with E-state index < -0.39 is 12.9 Å². The van der Waals surface area contributed by atoms with Crippen LogP contribution in [0.4, 0.5) is 10.1 Å². The van der Waals surface area contributed by atoms with Gasteiger partial charge in [-0.2, -0.15) is 0 Å². The second-order valence-corrected chi connectivity index (χ2v) is 2.15. The third kappa shape index (κ3) is 3.44. The van der Waals surface area contributed by atoms with Gasteiger partial charge in [-0.25, -0.2) is 4.39 Å². The third-order valence-corrected chi connectivity index (χ3v) is 1.32. The van der Waals surface area contributed by atoms with Gasteiger partial charge in [-0.15, -0.1) is 0 Å². The summed E-state index contributed by atoms with van der Waals surface area (Å²) >= 11 is 0. The Morgan fingerprint density at radius 1 is 1.31 bits per heavy atom. The van der Waals surface area contributed by atoms with Gasteiger partial charge in [0.05, 0.1) is 5.69 Å². The first-order valence-electron chi connectivity index (χ1n) is 4.02. The van der Waals surface area contributed by atoms with Crippen LogP contribution in [-0.2, 0) is 0 Å². The lowest BCUT2D eigenvalue weighted by Crippen LogP contribution is -2.30. The molecular weight excluding hydrogens is 172 g/mol. The molecule has 0 heterocycles. The third-order valence-electron chi connectivity index (χ3n) is 1.32. The Morgan fingerprint density at radius 3 is 2.23 bits per heavy atom. The lowest BCUT2D eigenvalue weighted by molar-refractivity contribution is 0.425. The van der Waals surface area contributed by atoms with E-state index in [4.69, 9.17) is 15.8 Å². The molecule has 4 N–H and O–H groups in total. The number of halogens is 1. The first-order valence-corrected chi connectivity index (χ1v) is 4.02. The van der Waals surface area contributed by atoms with Crippen LogP contribution >= 0.6 is 0 Å². The highest BCUT2D eigenvalue weighted by Gasteiger charge is 2.11. The highest BCUT2D eigenvalue weighted by Crippen LogP contribution is 2.05. The maximum absolute atomic E-state index is 12.5. The Kier molecular flexibility index (Phi) is 5.10. The first-order chi connectivity index (χ1) is 6.11. The van der Waals surface area contributed by atoms with E-state index in [1.165, 1.54) is 12.1 Å². The highest BCUT2D eigenvalue weighted by atomic mass is 19.1. The molecule has 0 saturated carbocycles. The van der Waals surface area contributed by atoms with Gasteiger partial charge < -0.3 is 15.8 Å². The molecule has 0 aliphatic heterocycles. The van der Waals surface area contributed by atoms with Crippen molar-refractivity contribution in [1.82, 2.24) is 0 Å². The maximum atomic E-state index is 12.5. The smallest absolute Gasteiger partial charge is 0.423 e. The summed E-state index contributed by atoms with van der Waals surface area (Å²) in [6.07, 6.45) is 0. The predicted molar refractivity (Wildman–Crippen MR) is 52.0 cm³/mol. The van der Waals surface area contributed by atoms with Crippen molar-refractivity contribution in [3.8, 4) is 0 Å². The van der Waals surface area contributed by atoms with E-state index >= 15 is 0 Å². The largest absolute Gasteiger partial charge is 0.488 e. The quantitative estimate of drug-likeness (QED) is 0.429. The van der Waals surface area contributed by atoms with Crippen LogP contribution in [-0.4, -0.2) is 17.2 Å². The standard InChI is InChI=1S/C6H7BFNO2.C2H6/c8-5-2-1-4(7(10)11)3-6(5)9;1-2/h1-3,10-11H,9H2;1-2H3. The number of hydrogen-bond acceptors (Lipinski definition) is 3. The number of rotatable bonds is 1. The highest BCUT2D eigenvalue weighted by molar-refractivity contribution is 6.58. The van der Waals surface area contributed by atoms with Crippen molar-refractivity contribution in [2.45, 2.75) is 13.8 Å². The average Bonchev–Trinajstić information content (AvgIpc) is 2.13. The lowest BCUT2D eigenvalue weighted by Gasteiger charge is -2.00. The molecule has 0 atom stereocenters. The van der Waals surface area contributed by atoms with Crippen LogP contribution in [0.15, 0.2) is 18.2 Å². The fourth-order valence-corrected chi connectivity index (χ4v) is 0.723. The van der Waals surface area contributed by atoms with Crippen LogP contribution in [0.25, 0.3) is 0 Å². The van der Waals surface area contributed by atoms with Gasteiger partial charge in [0.15, 0.2) is 0 Å². The molecule has 0 aliphatic carbocycles. The second kappa shape index (κ2) is 5.56. The van der Waals surface area contributed by atoms with E-state index in [9.17, 15) is 4.39 Å². The van der Waals surface area contributed by atoms with Gasteiger partial charge in [0.25, 0.3) is 0 Å². The molecule has 0 bridgehead atoms. The summed E-state index contributed by atoms with van der Waals surface area (Å²) in [6, 6.07) is 3.53. The van der Waals surface area contributed by atoms with Crippen molar-refractivity contribution < 1.29 is 14.4 Å². The molecule has 0 fully saturated rings. The fourth-order valence-electron chi connectivity index (χ4n) is 0.723. The van der Waals surface area contributed by atoms with Crippen LogP contribution in [0.2, 0.25) is 0 Å². The SMILES string of the molecule is CC.Nc1cc(B(O)O)ccc1F. The van der Waals surface area contributed by atoms with E-state index in [1.54, 1.807) is 0 Å². The molecule has 0 aromatic heterocycles. The van der Waals surface area contributed by atoms with Crippen molar-refractivity contribution in [3.63, 3.8) is 0 Å². The van der Waals surface area contributed by atoms with Crippen LogP contribution in [0.3, 0.4) is 0 Å². The molecule has 0 amide bonds. The van der Waals surface area contributed by atoms with Gasteiger partial charge in [-0.05, 0) is 17.6 Å². The van der Waals surface area contributed by atoms with Crippen LogP contribution in [0.1, 0.15) is 13.8 Å². The summed E-state index contributed by atoms with van der Waals surface area (Å²) in [7, 11) is -1.60. The minimum absolute atomic E-state index is 0.0874. The minimum Gasteiger partial charge on any atom is -0.423 e. The Labute approximate surface area is 77.2 Å². The topological polar surface area (TPSA) is 66.5 Å². The lowest BCUT2D eigenvalue weighted by atomic mass is 9.80. The van der Waals surface area contributed by atoms with Gasteiger partial charge in [0.2, 0.25) is 0 Å². The summed E-state index contributed by atoms with van der Waals surface area (Å²) in [6.45, 7) is 4.00. The first kappa shape index (κ1) is 11.9. The minimum atomic E-state index is -1.60. The van der Waals surface area contributed by atoms with Gasteiger partial charge in [0, 0.05) is 0 Å². The molecule has 0 saturated heterocycles. The molecule has 1 aromatic carbocycles. The van der Waals surface area contributed by atoms with Gasteiger partial charge in [0.1, 0.15) is 5.82 Å². The monoisotopic (exact) mass is 185 g/mol. The van der Waals surface area contributed by atoms with Crippen molar-refractivity contribution in [1.29, 1.82) is 0 Å². The van der Waals surface area contributed by atoms with E-state index in [0.29, 0.717) is 0 Å². The molecule has 13 heavy (non-hydrogen) atoms. The molecule has 0 spiro atoms. The summed E-state index contributed by atoms with van der Waals surface area (Å²) < 4.78 is 12.5. The van der Waals surface area contributed by atoms with E-state index in [0.717, 1.165) is 6.07 Å². The maximum Gasteiger partial charge on any atom is 0.488 e. The Morgan fingerprint density at radius 2 is 1.85 bits per heavy atom. The van der Waals surface area contributed by atoms with Crippen molar-refractivity contribution in [2.24, 2.45) is 0 Å². The molecule has 0 radical (unpaired) electrons. The summed E-state index contributed by atoms with van der Waals surface area (Å²) in [5.41, 5.74) is 5.26. The zero-order valence-corrected chi connectivity index (χ0v) is 7.66. The fraction of sp³-hybridized carbons (Fsp3) is 0.250. The molecule has 3 nitrogen and oxygen atoms in total. The molecule has 0 unspecified atom stereocenters. The van der Waals surface area contributed by atoms with Gasteiger partial charge in [-0.3, -0.25) is 0 Å². The Balaban J connectivity index is 0.000000671. The normalized spacial score (nSPS) is 8.69. The number of benzene rings is 1. The van der Waals surface area contributed by atoms with Crippen LogP contribution in [0, 0.1) is 5.82 Å². The van der Waals surface area contributed by atoms with E-state index in [1.807, 2.05) is 13.8 Å². The van der Waals surface area contributed by atoms with E-state index in [2.05, 4.69) is 0 Å². The summed E-state index contributed by atoms with van der Waals surface area (Å²) in [4.78, 5) is 0. The Hall–Kier alpha value is -1.07. The number of hydrogen-bond donors (Lipinski definition) is 3. The van der Waals surface area contributed by atoms with Crippen LogP contribution in [0.5, 0.6) is 0 Å². The van der Waals surface area contributed by atoms with Crippen molar-refractivity contribution in [2.75, 3.05) is 5.73 Å². The molecular formula is C8H13BFNO2. The summed E-state index contributed by atoms with van der Waals surface area (Å²) in [5, 5.41) is 17.2. The average molecular weight is 185 g/mol. The zero-order valence-electron chi connectivity index (χ0n) is 7.66. The Bertz CT molecular complexity index is 268. The van der Waals surface area contributed by atoms with Crippen molar-refractivity contribution >= 4 is 18.3 Å². The van der Waals surface area contributed by atoms with Gasteiger partial charge >= 0.3 is 7.12 Å². The molecule has 1 rings (SSSR count).